The monoisotopic (exact) mass is 506 g/mol. The van der Waals surface area contributed by atoms with Crippen molar-refractivity contribution in [2.45, 2.75) is 77.4 Å². The number of halogens is 7. The third-order valence-corrected chi connectivity index (χ3v) is 6.55. The van der Waals surface area contributed by atoms with Crippen molar-refractivity contribution >= 4 is 0 Å². The van der Waals surface area contributed by atoms with Gasteiger partial charge in [-0.05, 0) is 42.4 Å². The molecule has 0 atom stereocenters. The van der Waals surface area contributed by atoms with Gasteiger partial charge in [-0.1, -0.05) is 57.9 Å². The van der Waals surface area contributed by atoms with Gasteiger partial charge < -0.3 is 9.47 Å². The number of benzene rings is 2. The number of alkyl halides is 4. The molecule has 0 amide bonds. The van der Waals surface area contributed by atoms with Crippen molar-refractivity contribution in [3.8, 4) is 11.5 Å². The van der Waals surface area contributed by atoms with E-state index in [1.807, 2.05) is 0 Å². The fourth-order valence-electron chi connectivity index (χ4n) is 4.62. The van der Waals surface area contributed by atoms with Crippen LogP contribution in [0.4, 0.5) is 30.7 Å². The lowest BCUT2D eigenvalue weighted by Crippen LogP contribution is -2.24. The van der Waals surface area contributed by atoms with E-state index < -0.39 is 47.2 Å². The van der Waals surface area contributed by atoms with E-state index in [9.17, 15) is 30.7 Å². The molecule has 0 unspecified atom stereocenters. The van der Waals surface area contributed by atoms with Crippen molar-refractivity contribution in [2.24, 2.45) is 11.8 Å². The highest BCUT2D eigenvalue weighted by atomic mass is 19.3. The quantitative estimate of drug-likeness (QED) is 0.284. The van der Waals surface area contributed by atoms with E-state index in [2.05, 4.69) is 16.4 Å². The second-order valence-corrected chi connectivity index (χ2v) is 9.10. The van der Waals surface area contributed by atoms with Crippen LogP contribution in [0, 0.1) is 29.3 Å². The zero-order valence-electron chi connectivity index (χ0n) is 19.4. The molecule has 1 aliphatic carbocycles. The van der Waals surface area contributed by atoms with Crippen LogP contribution in [-0.2, 0) is 12.5 Å². The molecule has 2 aromatic carbocycles. The summed E-state index contributed by atoms with van der Waals surface area (Å²) in [6, 6.07) is 3.80. The third kappa shape index (κ3) is 7.51. The average Bonchev–Trinajstić information content (AvgIpc) is 2.79. The van der Waals surface area contributed by atoms with E-state index in [4.69, 9.17) is 0 Å². The van der Waals surface area contributed by atoms with E-state index in [1.165, 1.54) is 38.2 Å². The van der Waals surface area contributed by atoms with Crippen molar-refractivity contribution in [2.75, 3.05) is 0 Å². The molecule has 0 spiro atoms. The van der Waals surface area contributed by atoms with Crippen LogP contribution in [0.1, 0.15) is 69.4 Å². The van der Waals surface area contributed by atoms with Crippen LogP contribution in [0.25, 0.3) is 0 Å². The van der Waals surface area contributed by atoms with Crippen molar-refractivity contribution < 1.29 is 40.2 Å². The third-order valence-electron chi connectivity index (χ3n) is 6.55. The van der Waals surface area contributed by atoms with Gasteiger partial charge >= 0.3 is 12.7 Å². The minimum atomic E-state index is -4.26. The Bertz CT molecular complexity index is 949. The molecule has 1 saturated carbocycles. The lowest BCUT2D eigenvalue weighted by atomic mass is 9.78. The Morgan fingerprint density at radius 2 is 1.49 bits per heavy atom. The summed E-state index contributed by atoms with van der Waals surface area (Å²) in [5.74, 6) is -5.67. The van der Waals surface area contributed by atoms with E-state index >= 15 is 0 Å². The van der Waals surface area contributed by atoms with Crippen LogP contribution in [0.5, 0.6) is 11.5 Å². The Morgan fingerprint density at radius 3 is 2.03 bits per heavy atom. The summed E-state index contributed by atoms with van der Waals surface area (Å²) in [5.41, 5.74) is -0.535. The number of rotatable bonds is 11. The predicted molar refractivity (Wildman–Crippen MR) is 117 cm³/mol. The van der Waals surface area contributed by atoms with E-state index in [0.717, 1.165) is 37.3 Å². The van der Waals surface area contributed by atoms with Crippen molar-refractivity contribution in [1.82, 2.24) is 0 Å². The molecule has 1 aliphatic rings. The normalized spacial score (nSPS) is 18.7. The Balaban J connectivity index is 1.60. The Morgan fingerprint density at radius 1 is 0.886 bits per heavy atom. The molecule has 0 radical (unpaired) electrons. The Labute approximate surface area is 200 Å². The molecule has 0 aliphatic heterocycles. The van der Waals surface area contributed by atoms with Crippen molar-refractivity contribution in [3.05, 3.63) is 58.9 Å². The highest BCUT2D eigenvalue weighted by Crippen LogP contribution is 2.37. The largest absolute Gasteiger partial charge is 0.429 e. The smallest absolute Gasteiger partial charge is 0.429 e. The van der Waals surface area contributed by atoms with Gasteiger partial charge in [0.15, 0.2) is 17.4 Å². The summed E-state index contributed by atoms with van der Waals surface area (Å²) in [6.07, 6.45) is 5.47. The lowest BCUT2D eigenvalue weighted by molar-refractivity contribution is -0.187. The topological polar surface area (TPSA) is 18.5 Å². The maximum atomic E-state index is 14.6. The predicted octanol–water partition coefficient (Wildman–Crippen LogP) is 8.76. The number of hydrogen-bond acceptors (Lipinski definition) is 2. The van der Waals surface area contributed by atoms with Gasteiger partial charge in [0, 0.05) is 12.1 Å². The summed E-state index contributed by atoms with van der Waals surface area (Å²) < 4.78 is 104. The lowest BCUT2D eigenvalue weighted by Gasteiger charge is -2.28. The molecule has 0 bridgehead atoms. The summed E-state index contributed by atoms with van der Waals surface area (Å²) in [4.78, 5) is 0. The Kier molecular flexibility index (Phi) is 9.30. The molecule has 2 aromatic rings. The zero-order valence-corrected chi connectivity index (χ0v) is 19.4. The van der Waals surface area contributed by atoms with Crippen LogP contribution < -0.4 is 9.47 Å². The van der Waals surface area contributed by atoms with Gasteiger partial charge in [-0.3, -0.25) is 0 Å². The number of unbranched alkanes of at least 4 members (excludes halogenated alkanes) is 1. The van der Waals surface area contributed by atoms with Gasteiger partial charge in [-0.15, -0.1) is 0 Å². The van der Waals surface area contributed by atoms with E-state index in [-0.39, 0.29) is 12.1 Å². The summed E-state index contributed by atoms with van der Waals surface area (Å²) in [5, 5.41) is 0. The molecular formula is C26H29F7O2. The minimum Gasteiger partial charge on any atom is -0.429 e. The van der Waals surface area contributed by atoms with E-state index in [0.29, 0.717) is 17.9 Å². The first-order valence-corrected chi connectivity index (χ1v) is 11.9. The second-order valence-electron chi connectivity index (χ2n) is 9.10. The van der Waals surface area contributed by atoms with Gasteiger partial charge in [0.05, 0.1) is 5.56 Å². The fraction of sp³-hybridized carbons (Fsp3) is 0.538. The first-order valence-electron chi connectivity index (χ1n) is 11.9. The Hall–Kier alpha value is -2.45. The molecule has 1 fully saturated rings. The molecule has 0 N–H and O–H groups in total. The molecule has 3 rings (SSSR count). The molecular weight excluding hydrogens is 477 g/mol. The standard InChI is InChI=1S/C26H29F7O2/c1-2-3-4-16-5-7-17(8-6-16)9-10-18-11-12-20(21(27)13-18)26(32,33)35-19-14-22(28)24(23(29)15-19)34-25(30)31/h11-17,25H,2-10H2,1H3. The zero-order chi connectivity index (χ0) is 25.6. The summed E-state index contributed by atoms with van der Waals surface area (Å²) >= 11 is 0. The van der Waals surface area contributed by atoms with Crippen molar-refractivity contribution in [1.29, 1.82) is 0 Å². The number of aryl methyl sites for hydroxylation is 1. The highest BCUT2D eigenvalue weighted by Gasteiger charge is 2.38. The van der Waals surface area contributed by atoms with Crippen LogP contribution in [0.3, 0.4) is 0 Å². The van der Waals surface area contributed by atoms with Gasteiger partial charge in [0.25, 0.3) is 0 Å². The number of hydrogen-bond donors (Lipinski definition) is 0. The van der Waals surface area contributed by atoms with Crippen LogP contribution in [0.2, 0.25) is 0 Å². The number of ether oxygens (including phenoxy) is 2. The summed E-state index contributed by atoms with van der Waals surface area (Å²) in [7, 11) is 0. The SMILES string of the molecule is CCCCC1CCC(CCc2ccc(C(F)(F)Oc3cc(F)c(OC(F)F)c(F)c3)c(F)c2)CC1. The van der Waals surface area contributed by atoms with Gasteiger partial charge in [0.1, 0.15) is 11.6 Å². The maximum absolute atomic E-state index is 14.6. The van der Waals surface area contributed by atoms with Gasteiger partial charge in [0.2, 0.25) is 0 Å². The molecule has 9 heteroatoms. The van der Waals surface area contributed by atoms with Crippen molar-refractivity contribution in [3.63, 3.8) is 0 Å². The second kappa shape index (κ2) is 12.0. The van der Waals surface area contributed by atoms with Gasteiger partial charge in [-0.2, -0.15) is 17.6 Å². The molecule has 0 heterocycles. The first kappa shape index (κ1) is 27.1. The molecule has 35 heavy (non-hydrogen) atoms. The van der Waals surface area contributed by atoms with Crippen LogP contribution in [-0.4, -0.2) is 6.61 Å². The minimum absolute atomic E-state index is 0.262. The summed E-state index contributed by atoms with van der Waals surface area (Å²) in [6.45, 7) is -1.33. The van der Waals surface area contributed by atoms with Gasteiger partial charge in [-0.25, -0.2) is 13.2 Å². The molecule has 0 aromatic heterocycles. The van der Waals surface area contributed by atoms with Crippen LogP contribution >= 0.6 is 0 Å². The fourth-order valence-corrected chi connectivity index (χ4v) is 4.62. The maximum Gasteiger partial charge on any atom is 0.429 e. The molecule has 194 valence electrons. The molecule has 2 nitrogen and oxygen atoms in total. The first-order chi connectivity index (χ1) is 16.6. The van der Waals surface area contributed by atoms with E-state index in [1.54, 1.807) is 0 Å². The average molecular weight is 507 g/mol. The highest BCUT2D eigenvalue weighted by molar-refractivity contribution is 5.36. The molecule has 0 saturated heterocycles. The van der Waals surface area contributed by atoms with Crippen LogP contribution in [0.15, 0.2) is 30.3 Å².